The van der Waals surface area contributed by atoms with E-state index in [2.05, 4.69) is 5.32 Å². The number of carbonyl (C=O) groups is 1. The van der Waals surface area contributed by atoms with Crippen LogP contribution in [0.15, 0.2) is 18.2 Å². The maximum absolute atomic E-state index is 11.6. The van der Waals surface area contributed by atoms with Crippen LogP contribution in [0.1, 0.15) is 19.4 Å². The number of hydrogen-bond acceptors (Lipinski definition) is 3. The summed E-state index contributed by atoms with van der Waals surface area (Å²) in [5.74, 6) is 0.655. The molecule has 1 atom stereocenters. The molecule has 94 valence electrons. The number of hydrogen-bond donors (Lipinski definition) is 1. The average Bonchev–Trinajstić information content (AvgIpc) is 2.31. The van der Waals surface area contributed by atoms with Crippen LogP contribution in [0.2, 0.25) is 0 Å². The van der Waals surface area contributed by atoms with Gasteiger partial charge < -0.3 is 14.8 Å². The van der Waals surface area contributed by atoms with Gasteiger partial charge in [0.15, 0.2) is 0 Å². The van der Waals surface area contributed by atoms with E-state index < -0.39 is 6.10 Å². The lowest BCUT2D eigenvalue weighted by atomic mass is 10.2. The second-order valence-corrected chi connectivity index (χ2v) is 3.78. The van der Waals surface area contributed by atoms with E-state index in [1.807, 2.05) is 32.0 Å². The zero-order valence-corrected chi connectivity index (χ0v) is 10.7. The van der Waals surface area contributed by atoms with Crippen molar-refractivity contribution in [2.45, 2.75) is 26.9 Å². The van der Waals surface area contributed by atoms with Crippen LogP contribution < -0.4 is 10.1 Å². The molecule has 1 N–H and O–H groups in total. The van der Waals surface area contributed by atoms with Crippen molar-refractivity contribution in [3.8, 4) is 5.75 Å². The Balaban J connectivity index is 2.75. The molecule has 0 bridgehead atoms. The third-order valence-electron chi connectivity index (χ3n) is 2.49. The number of benzene rings is 1. The SMILES string of the molecule is CCOc1ccc(NC(=O)C(C)OC)c(C)c1. The van der Waals surface area contributed by atoms with E-state index in [1.165, 1.54) is 7.11 Å². The van der Waals surface area contributed by atoms with Gasteiger partial charge in [0.25, 0.3) is 5.91 Å². The summed E-state index contributed by atoms with van der Waals surface area (Å²) < 4.78 is 10.3. The second-order valence-electron chi connectivity index (χ2n) is 3.78. The molecule has 0 spiro atoms. The number of anilines is 1. The van der Waals surface area contributed by atoms with Crippen molar-refractivity contribution in [3.05, 3.63) is 23.8 Å². The summed E-state index contributed by atoms with van der Waals surface area (Å²) in [6.45, 7) is 6.20. The minimum absolute atomic E-state index is 0.153. The van der Waals surface area contributed by atoms with Crippen molar-refractivity contribution in [3.63, 3.8) is 0 Å². The summed E-state index contributed by atoms with van der Waals surface area (Å²) in [6.07, 6.45) is -0.457. The molecule has 1 unspecified atom stereocenters. The van der Waals surface area contributed by atoms with Crippen molar-refractivity contribution >= 4 is 11.6 Å². The summed E-state index contributed by atoms with van der Waals surface area (Å²) in [5, 5.41) is 2.81. The predicted octanol–water partition coefficient (Wildman–Crippen LogP) is 2.37. The van der Waals surface area contributed by atoms with Crippen molar-refractivity contribution in [2.24, 2.45) is 0 Å². The van der Waals surface area contributed by atoms with Crippen LogP contribution >= 0.6 is 0 Å². The summed E-state index contributed by atoms with van der Waals surface area (Å²) in [6, 6.07) is 5.57. The molecule has 0 saturated carbocycles. The monoisotopic (exact) mass is 237 g/mol. The van der Waals surface area contributed by atoms with Gasteiger partial charge in [0.2, 0.25) is 0 Å². The molecule has 0 aliphatic heterocycles. The van der Waals surface area contributed by atoms with Gasteiger partial charge in [-0.15, -0.1) is 0 Å². The van der Waals surface area contributed by atoms with Crippen LogP contribution in [0, 0.1) is 6.92 Å². The van der Waals surface area contributed by atoms with Crippen molar-refractivity contribution in [2.75, 3.05) is 19.0 Å². The Morgan fingerprint density at radius 2 is 2.18 bits per heavy atom. The van der Waals surface area contributed by atoms with Gasteiger partial charge in [-0.05, 0) is 44.5 Å². The molecule has 0 heterocycles. The Bertz CT molecular complexity index is 390. The van der Waals surface area contributed by atoms with Gasteiger partial charge in [-0.1, -0.05) is 0 Å². The van der Waals surface area contributed by atoms with Gasteiger partial charge in [0.1, 0.15) is 11.9 Å². The lowest BCUT2D eigenvalue weighted by molar-refractivity contribution is -0.124. The van der Waals surface area contributed by atoms with Crippen LogP contribution in [0.25, 0.3) is 0 Å². The minimum atomic E-state index is -0.457. The number of rotatable bonds is 5. The molecule has 1 rings (SSSR count). The molecule has 0 radical (unpaired) electrons. The van der Waals surface area contributed by atoms with E-state index in [4.69, 9.17) is 9.47 Å². The smallest absolute Gasteiger partial charge is 0.253 e. The molecule has 0 fully saturated rings. The molecule has 0 saturated heterocycles. The van der Waals surface area contributed by atoms with Gasteiger partial charge in [0.05, 0.1) is 6.61 Å². The molecule has 1 aromatic rings. The zero-order chi connectivity index (χ0) is 12.8. The fourth-order valence-electron chi connectivity index (χ4n) is 1.37. The standard InChI is InChI=1S/C13H19NO3/c1-5-17-11-6-7-12(9(2)8-11)14-13(15)10(3)16-4/h6-8,10H,5H2,1-4H3,(H,14,15). The maximum Gasteiger partial charge on any atom is 0.253 e. The molecule has 0 aromatic heterocycles. The largest absolute Gasteiger partial charge is 0.494 e. The summed E-state index contributed by atoms with van der Waals surface area (Å²) in [5.41, 5.74) is 1.75. The normalized spacial score (nSPS) is 12.0. The maximum atomic E-state index is 11.6. The first-order valence-electron chi connectivity index (χ1n) is 5.65. The first-order chi connectivity index (χ1) is 8.08. The van der Waals surface area contributed by atoms with E-state index in [1.54, 1.807) is 6.92 Å². The molecule has 4 nitrogen and oxygen atoms in total. The van der Waals surface area contributed by atoms with Crippen molar-refractivity contribution < 1.29 is 14.3 Å². The Labute approximate surface area is 102 Å². The third-order valence-corrected chi connectivity index (χ3v) is 2.49. The molecular weight excluding hydrogens is 218 g/mol. The number of methoxy groups -OCH3 is 1. The second kappa shape index (κ2) is 6.25. The molecule has 0 aliphatic rings. The van der Waals surface area contributed by atoms with Crippen LogP contribution in [0.5, 0.6) is 5.75 Å². The lowest BCUT2D eigenvalue weighted by Gasteiger charge is -2.13. The Morgan fingerprint density at radius 1 is 1.47 bits per heavy atom. The summed E-state index contributed by atoms with van der Waals surface area (Å²) in [7, 11) is 1.51. The van der Waals surface area contributed by atoms with Gasteiger partial charge in [-0.25, -0.2) is 0 Å². The van der Waals surface area contributed by atoms with Gasteiger partial charge in [0, 0.05) is 12.8 Å². The molecule has 17 heavy (non-hydrogen) atoms. The first-order valence-corrected chi connectivity index (χ1v) is 5.65. The fraction of sp³-hybridized carbons (Fsp3) is 0.462. The first kappa shape index (κ1) is 13.5. The number of aryl methyl sites for hydroxylation is 1. The number of nitrogens with one attached hydrogen (secondary N) is 1. The predicted molar refractivity (Wildman–Crippen MR) is 67.4 cm³/mol. The summed E-state index contributed by atoms with van der Waals surface area (Å²) >= 11 is 0. The lowest BCUT2D eigenvalue weighted by Crippen LogP contribution is -2.26. The fourth-order valence-corrected chi connectivity index (χ4v) is 1.37. The number of ether oxygens (including phenoxy) is 2. The van der Waals surface area contributed by atoms with Gasteiger partial charge >= 0.3 is 0 Å². The highest BCUT2D eigenvalue weighted by Gasteiger charge is 2.12. The average molecular weight is 237 g/mol. The van der Waals surface area contributed by atoms with E-state index >= 15 is 0 Å². The molecule has 0 aliphatic carbocycles. The highest BCUT2D eigenvalue weighted by atomic mass is 16.5. The highest BCUT2D eigenvalue weighted by Crippen LogP contribution is 2.21. The molecule has 1 aromatic carbocycles. The van der Waals surface area contributed by atoms with Crippen LogP contribution in [-0.4, -0.2) is 25.7 Å². The van der Waals surface area contributed by atoms with Crippen LogP contribution in [-0.2, 0) is 9.53 Å². The Morgan fingerprint density at radius 3 is 2.71 bits per heavy atom. The quantitative estimate of drug-likeness (QED) is 0.855. The minimum Gasteiger partial charge on any atom is -0.494 e. The highest BCUT2D eigenvalue weighted by molar-refractivity contribution is 5.94. The number of amides is 1. The van der Waals surface area contributed by atoms with Crippen LogP contribution in [0.4, 0.5) is 5.69 Å². The van der Waals surface area contributed by atoms with E-state index in [0.29, 0.717) is 6.61 Å². The molecule has 4 heteroatoms. The van der Waals surface area contributed by atoms with Gasteiger partial charge in [-0.3, -0.25) is 4.79 Å². The topological polar surface area (TPSA) is 47.6 Å². The van der Waals surface area contributed by atoms with Crippen molar-refractivity contribution in [1.29, 1.82) is 0 Å². The van der Waals surface area contributed by atoms with E-state index in [9.17, 15) is 4.79 Å². The summed E-state index contributed by atoms with van der Waals surface area (Å²) in [4.78, 5) is 11.6. The Kier molecular flexibility index (Phi) is 4.97. The number of carbonyl (C=O) groups excluding carboxylic acids is 1. The Hall–Kier alpha value is -1.55. The van der Waals surface area contributed by atoms with E-state index in [0.717, 1.165) is 17.0 Å². The van der Waals surface area contributed by atoms with Crippen LogP contribution in [0.3, 0.4) is 0 Å². The van der Waals surface area contributed by atoms with E-state index in [-0.39, 0.29) is 5.91 Å². The third kappa shape index (κ3) is 3.75. The van der Waals surface area contributed by atoms with Crippen molar-refractivity contribution in [1.82, 2.24) is 0 Å². The zero-order valence-electron chi connectivity index (χ0n) is 10.7. The molecular formula is C13H19NO3. The van der Waals surface area contributed by atoms with Gasteiger partial charge in [-0.2, -0.15) is 0 Å². The molecule has 1 amide bonds.